The Labute approximate surface area is 232 Å². The Hall–Kier alpha value is -3.79. The number of fused-ring (bicyclic) bond motifs is 2. The lowest BCUT2D eigenvalue weighted by Gasteiger charge is -2.39. The molecule has 0 saturated heterocycles. The van der Waals surface area contributed by atoms with Crippen LogP contribution in [-0.2, 0) is 13.1 Å². The first-order valence-corrected chi connectivity index (χ1v) is 14.3. The number of hydrogen-bond acceptors (Lipinski definition) is 7. The fourth-order valence-electron chi connectivity index (χ4n) is 6.05. The van der Waals surface area contributed by atoms with Crippen molar-refractivity contribution >= 4 is 10.9 Å². The standard InChI is InChI=1S/C30H35FN6O3/c1-2-6-26(29-33-34-35-37(29)18-20-9-11-23(31)12-10-20)36(24-7-4-3-5-8-24)19-22-15-21-16-27-28(40-14-13-39-27)17-25(21)32-30(22)38/h9-12,15-17,24,26H,2-8,13-14,18-19H2,1H3,(H,32,38)/t26-/m0/s1. The van der Waals surface area contributed by atoms with Crippen molar-refractivity contribution < 1.29 is 13.9 Å². The Morgan fingerprint density at radius 1 is 1.07 bits per heavy atom. The molecule has 2 aliphatic rings. The lowest BCUT2D eigenvalue weighted by atomic mass is 9.91. The molecule has 1 atom stereocenters. The second kappa shape index (κ2) is 11.8. The summed E-state index contributed by atoms with van der Waals surface area (Å²) in [6.45, 7) is 4.10. The molecule has 1 saturated carbocycles. The number of nitrogens with one attached hydrogen (secondary N) is 1. The van der Waals surface area contributed by atoms with Gasteiger partial charge in [-0.25, -0.2) is 9.07 Å². The van der Waals surface area contributed by atoms with Crippen LogP contribution >= 0.6 is 0 Å². The predicted octanol–water partition coefficient (Wildman–Crippen LogP) is 5.15. The van der Waals surface area contributed by atoms with Crippen LogP contribution in [-0.4, -0.2) is 49.3 Å². The molecule has 40 heavy (non-hydrogen) atoms. The van der Waals surface area contributed by atoms with Gasteiger partial charge in [-0.05, 0) is 59.5 Å². The summed E-state index contributed by atoms with van der Waals surface area (Å²) < 4.78 is 26.8. The Kier molecular flexibility index (Phi) is 7.77. The summed E-state index contributed by atoms with van der Waals surface area (Å²) >= 11 is 0. The van der Waals surface area contributed by atoms with Crippen molar-refractivity contribution in [3.63, 3.8) is 0 Å². The summed E-state index contributed by atoms with van der Waals surface area (Å²) in [5.74, 6) is 1.86. The van der Waals surface area contributed by atoms with Crippen molar-refractivity contribution in [2.45, 2.75) is 77.0 Å². The van der Waals surface area contributed by atoms with Crippen molar-refractivity contribution in [3.05, 3.63) is 75.6 Å². The van der Waals surface area contributed by atoms with Crippen molar-refractivity contribution in [1.29, 1.82) is 0 Å². The van der Waals surface area contributed by atoms with Gasteiger partial charge in [0.15, 0.2) is 17.3 Å². The maximum Gasteiger partial charge on any atom is 0.252 e. The second-order valence-corrected chi connectivity index (χ2v) is 10.8. The minimum atomic E-state index is -0.270. The van der Waals surface area contributed by atoms with Gasteiger partial charge in [0.05, 0.1) is 18.1 Å². The number of benzene rings is 2. The van der Waals surface area contributed by atoms with Crippen LogP contribution in [0.15, 0.2) is 47.3 Å². The predicted molar refractivity (Wildman–Crippen MR) is 149 cm³/mol. The van der Waals surface area contributed by atoms with Gasteiger partial charge in [-0.2, -0.15) is 0 Å². The Balaban J connectivity index is 1.36. The van der Waals surface area contributed by atoms with Crippen LogP contribution in [0.3, 0.4) is 0 Å². The van der Waals surface area contributed by atoms with Crippen molar-refractivity contribution in [2.24, 2.45) is 0 Å². The maximum absolute atomic E-state index is 13.5. The van der Waals surface area contributed by atoms with Crippen LogP contribution in [0.5, 0.6) is 11.5 Å². The number of nitrogens with zero attached hydrogens (tertiary/aromatic N) is 5. The van der Waals surface area contributed by atoms with Crippen molar-refractivity contribution in [1.82, 2.24) is 30.1 Å². The molecule has 9 nitrogen and oxygen atoms in total. The van der Waals surface area contributed by atoms with E-state index in [-0.39, 0.29) is 17.4 Å². The smallest absolute Gasteiger partial charge is 0.252 e. The molecule has 0 bridgehead atoms. The van der Waals surface area contributed by atoms with Crippen LogP contribution < -0.4 is 15.0 Å². The van der Waals surface area contributed by atoms with Gasteiger partial charge >= 0.3 is 0 Å². The second-order valence-electron chi connectivity index (χ2n) is 10.8. The van der Waals surface area contributed by atoms with Crippen LogP contribution in [0.25, 0.3) is 10.9 Å². The molecule has 1 aliphatic carbocycles. The van der Waals surface area contributed by atoms with E-state index in [2.05, 4.69) is 32.3 Å². The van der Waals surface area contributed by atoms with Crippen LogP contribution in [0.4, 0.5) is 4.39 Å². The normalized spacial score (nSPS) is 16.5. The van der Waals surface area contributed by atoms with E-state index in [9.17, 15) is 9.18 Å². The number of H-pyrrole nitrogens is 1. The molecule has 2 aromatic heterocycles. The molecule has 3 heterocycles. The molecule has 2 aromatic carbocycles. The molecule has 1 N–H and O–H groups in total. The minimum absolute atomic E-state index is 0.0705. The number of hydrogen-bond donors (Lipinski definition) is 1. The Morgan fingerprint density at radius 2 is 1.82 bits per heavy atom. The Bertz CT molecular complexity index is 1510. The molecule has 0 radical (unpaired) electrons. The van der Waals surface area contributed by atoms with E-state index in [1.54, 1.807) is 12.1 Å². The van der Waals surface area contributed by atoms with Crippen molar-refractivity contribution in [3.8, 4) is 11.5 Å². The van der Waals surface area contributed by atoms with E-state index < -0.39 is 0 Å². The summed E-state index contributed by atoms with van der Waals surface area (Å²) in [5.41, 5.74) is 2.25. The molecule has 6 rings (SSSR count). The first kappa shape index (κ1) is 26.4. The SMILES string of the molecule is CCC[C@@H](c1nnnn1Cc1ccc(F)cc1)N(Cc1cc2cc3c(cc2[nH]c1=O)OCCO3)C1CCCCC1. The quantitative estimate of drug-likeness (QED) is 0.310. The van der Waals surface area contributed by atoms with Crippen LogP contribution in [0, 0.1) is 5.82 Å². The number of pyridine rings is 1. The van der Waals surface area contributed by atoms with Gasteiger partial charge in [0.25, 0.3) is 5.56 Å². The third-order valence-electron chi connectivity index (χ3n) is 8.05. The maximum atomic E-state index is 13.5. The zero-order valence-corrected chi connectivity index (χ0v) is 22.8. The summed E-state index contributed by atoms with van der Waals surface area (Å²) in [6.07, 6.45) is 7.50. The van der Waals surface area contributed by atoms with E-state index >= 15 is 0 Å². The molecule has 0 spiro atoms. The molecular formula is C30H35FN6O3. The van der Waals surface area contributed by atoms with E-state index in [1.807, 2.05) is 22.9 Å². The first-order valence-electron chi connectivity index (χ1n) is 14.3. The zero-order valence-electron chi connectivity index (χ0n) is 22.8. The molecule has 0 unspecified atom stereocenters. The van der Waals surface area contributed by atoms with E-state index in [4.69, 9.17) is 9.47 Å². The molecule has 210 valence electrons. The van der Waals surface area contributed by atoms with Crippen LogP contribution in [0.2, 0.25) is 0 Å². The zero-order chi connectivity index (χ0) is 27.5. The average Bonchev–Trinajstić information content (AvgIpc) is 3.43. The van der Waals surface area contributed by atoms with Gasteiger partial charge in [0.2, 0.25) is 0 Å². The highest BCUT2D eigenvalue weighted by Crippen LogP contribution is 2.36. The summed E-state index contributed by atoms with van der Waals surface area (Å²) in [6, 6.07) is 12.4. The van der Waals surface area contributed by atoms with Gasteiger partial charge in [-0.15, -0.1) is 5.10 Å². The third kappa shape index (κ3) is 5.58. The number of ether oxygens (including phenoxy) is 2. The lowest BCUT2D eigenvalue weighted by Crippen LogP contribution is -2.41. The number of aromatic amines is 1. The summed E-state index contributed by atoms with van der Waals surface area (Å²) in [7, 11) is 0. The first-order chi connectivity index (χ1) is 19.6. The van der Waals surface area contributed by atoms with Gasteiger partial charge in [-0.3, -0.25) is 9.69 Å². The highest BCUT2D eigenvalue weighted by atomic mass is 19.1. The highest BCUT2D eigenvalue weighted by Gasteiger charge is 2.32. The minimum Gasteiger partial charge on any atom is -0.486 e. The van der Waals surface area contributed by atoms with Gasteiger partial charge in [0.1, 0.15) is 19.0 Å². The fraction of sp³-hybridized carbons (Fsp3) is 0.467. The highest BCUT2D eigenvalue weighted by molar-refractivity contribution is 5.83. The van der Waals surface area contributed by atoms with E-state index in [0.717, 1.165) is 60.8 Å². The van der Waals surface area contributed by atoms with E-state index in [1.165, 1.54) is 18.6 Å². The molecule has 0 amide bonds. The largest absolute Gasteiger partial charge is 0.486 e. The van der Waals surface area contributed by atoms with E-state index in [0.29, 0.717) is 49.4 Å². The number of rotatable bonds is 9. The number of halogens is 1. The lowest BCUT2D eigenvalue weighted by molar-refractivity contribution is 0.0812. The average molecular weight is 547 g/mol. The molecule has 4 aromatic rings. The topological polar surface area (TPSA) is 98.2 Å². The van der Waals surface area contributed by atoms with Crippen LogP contribution in [0.1, 0.15) is 74.9 Å². The van der Waals surface area contributed by atoms with Gasteiger partial charge in [-0.1, -0.05) is 44.7 Å². The van der Waals surface area contributed by atoms with Crippen molar-refractivity contribution in [2.75, 3.05) is 13.2 Å². The summed E-state index contributed by atoms with van der Waals surface area (Å²) in [5, 5.41) is 13.8. The molecular weight excluding hydrogens is 511 g/mol. The summed E-state index contributed by atoms with van der Waals surface area (Å²) in [4.78, 5) is 18.9. The fourth-order valence-corrected chi connectivity index (χ4v) is 6.05. The molecule has 1 aliphatic heterocycles. The van der Waals surface area contributed by atoms with Gasteiger partial charge < -0.3 is 14.5 Å². The third-order valence-corrected chi connectivity index (χ3v) is 8.05. The monoisotopic (exact) mass is 546 g/mol. The number of aromatic nitrogens is 5. The number of tetrazole rings is 1. The van der Waals surface area contributed by atoms with Gasteiger partial charge in [0, 0.05) is 29.6 Å². The Morgan fingerprint density at radius 3 is 2.58 bits per heavy atom. The molecule has 1 fully saturated rings. The molecule has 10 heteroatoms.